The zero-order valence-electron chi connectivity index (χ0n) is 10.9. The van der Waals surface area contributed by atoms with E-state index in [9.17, 15) is 0 Å². The zero-order chi connectivity index (χ0) is 12.3. The van der Waals surface area contributed by atoms with E-state index >= 15 is 0 Å². The molecule has 1 heterocycles. The maximum Gasteiger partial charge on any atom is 0.142 e. The molecule has 3 heteroatoms. The van der Waals surface area contributed by atoms with Gasteiger partial charge >= 0.3 is 0 Å². The molecule has 1 N–H and O–H groups in total. The highest BCUT2D eigenvalue weighted by Crippen LogP contribution is 2.31. The number of nitrogens with one attached hydrogen (secondary N) is 1. The number of hydrogen-bond acceptors (Lipinski definition) is 3. The van der Waals surface area contributed by atoms with Crippen molar-refractivity contribution in [3.8, 4) is 5.75 Å². The molecule has 1 fully saturated rings. The van der Waals surface area contributed by atoms with E-state index in [0.29, 0.717) is 12.0 Å². The second-order valence-corrected chi connectivity index (χ2v) is 4.78. The summed E-state index contributed by atoms with van der Waals surface area (Å²) in [4.78, 5) is 2.43. The number of benzene rings is 1. The van der Waals surface area contributed by atoms with Gasteiger partial charge in [-0.05, 0) is 31.5 Å². The summed E-state index contributed by atoms with van der Waals surface area (Å²) >= 11 is 0. The number of hydrogen-bond donors (Lipinski definition) is 1. The maximum absolute atomic E-state index is 5.43. The van der Waals surface area contributed by atoms with Gasteiger partial charge in [0.15, 0.2) is 0 Å². The number of methoxy groups -OCH3 is 1. The first-order valence-electron chi connectivity index (χ1n) is 6.31. The minimum atomic E-state index is 0.640. The van der Waals surface area contributed by atoms with Gasteiger partial charge in [-0.1, -0.05) is 19.1 Å². The van der Waals surface area contributed by atoms with E-state index in [2.05, 4.69) is 36.3 Å². The van der Waals surface area contributed by atoms with Gasteiger partial charge in [-0.3, -0.25) is 0 Å². The second-order valence-electron chi connectivity index (χ2n) is 4.78. The van der Waals surface area contributed by atoms with Gasteiger partial charge in [-0.15, -0.1) is 0 Å². The van der Waals surface area contributed by atoms with Crippen LogP contribution in [0.5, 0.6) is 5.75 Å². The molecule has 0 spiro atoms. The van der Waals surface area contributed by atoms with Crippen molar-refractivity contribution in [2.24, 2.45) is 5.92 Å². The lowest BCUT2D eigenvalue weighted by Gasteiger charge is -2.38. The summed E-state index contributed by atoms with van der Waals surface area (Å²) in [6.45, 7) is 4.49. The van der Waals surface area contributed by atoms with E-state index in [0.717, 1.165) is 18.8 Å². The van der Waals surface area contributed by atoms with Crippen LogP contribution in [0.1, 0.15) is 13.3 Å². The lowest BCUT2D eigenvalue weighted by atomic mass is 9.93. The van der Waals surface area contributed by atoms with Gasteiger partial charge in [0.1, 0.15) is 5.75 Å². The average Bonchev–Trinajstić information content (AvgIpc) is 2.38. The zero-order valence-corrected chi connectivity index (χ0v) is 10.9. The van der Waals surface area contributed by atoms with Crippen LogP contribution in [0.25, 0.3) is 0 Å². The summed E-state index contributed by atoms with van der Waals surface area (Å²) in [5, 5.41) is 3.40. The summed E-state index contributed by atoms with van der Waals surface area (Å²) in [5.74, 6) is 1.64. The van der Waals surface area contributed by atoms with Crippen molar-refractivity contribution in [1.29, 1.82) is 0 Å². The molecule has 2 unspecified atom stereocenters. The van der Waals surface area contributed by atoms with Crippen molar-refractivity contribution in [3.05, 3.63) is 24.3 Å². The van der Waals surface area contributed by atoms with Gasteiger partial charge in [0.05, 0.1) is 12.8 Å². The largest absolute Gasteiger partial charge is 0.495 e. The van der Waals surface area contributed by atoms with Crippen LogP contribution < -0.4 is 15.0 Å². The molecule has 0 aromatic heterocycles. The minimum absolute atomic E-state index is 0.640. The number of anilines is 1. The standard InChI is InChI=1S/C14H22N2O/c1-11-10-16(9-8-12(11)15-2)13-6-4-5-7-14(13)17-3/h4-7,11-12,15H,8-10H2,1-3H3. The monoisotopic (exact) mass is 234 g/mol. The molecule has 0 amide bonds. The highest BCUT2D eigenvalue weighted by atomic mass is 16.5. The van der Waals surface area contributed by atoms with E-state index < -0.39 is 0 Å². The molecule has 1 aliphatic heterocycles. The summed E-state index contributed by atoms with van der Waals surface area (Å²) in [7, 11) is 3.79. The van der Waals surface area contributed by atoms with E-state index in [4.69, 9.17) is 4.74 Å². The van der Waals surface area contributed by atoms with Crippen LogP contribution in [0.15, 0.2) is 24.3 Å². The summed E-state index contributed by atoms with van der Waals surface area (Å²) in [5.41, 5.74) is 1.22. The number of rotatable bonds is 3. The Bertz CT molecular complexity index is 367. The molecule has 1 saturated heterocycles. The second kappa shape index (κ2) is 5.41. The van der Waals surface area contributed by atoms with Crippen LogP contribution in [-0.2, 0) is 0 Å². The molecule has 1 aliphatic rings. The predicted octanol–water partition coefficient (Wildman–Crippen LogP) is 2.13. The van der Waals surface area contributed by atoms with Crippen molar-refractivity contribution in [3.63, 3.8) is 0 Å². The Morgan fingerprint density at radius 2 is 2.12 bits per heavy atom. The van der Waals surface area contributed by atoms with E-state index in [1.54, 1.807) is 7.11 Å². The summed E-state index contributed by atoms with van der Waals surface area (Å²) < 4.78 is 5.43. The first-order valence-corrected chi connectivity index (χ1v) is 6.31. The molecule has 2 rings (SSSR count). The third-order valence-electron chi connectivity index (χ3n) is 3.70. The van der Waals surface area contributed by atoms with Gasteiger partial charge in [-0.2, -0.15) is 0 Å². The molecule has 0 saturated carbocycles. The minimum Gasteiger partial charge on any atom is -0.495 e. The lowest BCUT2D eigenvalue weighted by molar-refractivity contribution is 0.335. The molecule has 0 radical (unpaired) electrons. The topological polar surface area (TPSA) is 24.5 Å². The molecule has 0 aliphatic carbocycles. The number of ether oxygens (including phenoxy) is 1. The fraction of sp³-hybridized carbons (Fsp3) is 0.571. The SMILES string of the molecule is CNC1CCN(c2ccccc2OC)CC1C. The molecule has 1 aromatic rings. The van der Waals surface area contributed by atoms with Crippen molar-refractivity contribution in [2.75, 3.05) is 32.1 Å². The van der Waals surface area contributed by atoms with Crippen LogP contribution in [0.3, 0.4) is 0 Å². The third-order valence-corrected chi connectivity index (χ3v) is 3.70. The first-order chi connectivity index (χ1) is 8.26. The predicted molar refractivity (Wildman–Crippen MR) is 71.8 cm³/mol. The van der Waals surface area contributed by atoms with Crippen molar-refractivity contribution in [1.82, 2.24) is 5.32 Å². The fourth-order valence-corrected chi connectivity index (χ4v) is 2.68. The number of nitrogens with zero attached hydrogens (tertiary/aromatic N) is 1. The smallest absolute Gasteiger partial charge is 0.142 e. The van der Waals surface area contributed by atoms with Crippen LogP contribution >= 0.6 is 0 Å². The normalized spacial score (nSPS) is 24.8. The van der Waals surface area contributed by atoms with Crippen LogP contribution in [0.2, 0.25) is 0 Å². The van der Waals surface area contributed by atoms with Gasteiger partial charge in [0, 0.05) is 19.1 Å². The Morgan fingerprint density at radius 1 is 1.35 bits per heavy atom. The summed E-state index contributed by atoms with van der Waals surface area (Å²) in [6.07, 6.45) is 1.19. The van der Waals surface area contributed by atoms with E-state index in [1.165, 1.54) is 12.1 Å². The van der Waals surface area contributed by atoms with Gasteiger partial charge < -0.3 is 15.0 Å². The maximum atomic E-state index is 5.43. The Morgan fingerprint density at radius 3 is 2.76 bits per heavy atom. The van der Waals surface area contributed by atoms with E-state index in [1.807, 2.05) is 12.1 Å². The highest BCUT2D eigenvalue weighted by molar-refractivity contribution is 5.58. The molecular formula is C14H22N2O. The van der Waals surface area contributed by atoms with Crippen molar-refractivity contribution in [2.45, 2.75) is 19.4 Å². The Balaban J connectivity index is 2.13. The van der Waals surface area contributed by atoms with E-state index in [-0.39, 0.29) is 0 Å². The molecule has 0 bridgehead atoms. The number of piperidine rings is 1. The Kier molecular flexibility index (Phi) is 3.89. The van der Waals surface area contributed by atoms with Crippen LogP contribution in [-0.4, -0.2) is 33.3 Å². The Hall–Kier alpha value is -1.22. The van der Waals surface area contributed by atoms with Crippen molar-refractivity contribution < 1.29 is 4.74 Å². The Labute approximate surface area is 104 Å². The fourth-order valence-electron chi connectivity index (χ4n) is 2.68. The molecule has 3 nitrogen and oxygen atoms in total. The lowest BCUT2D eigenvalue weighted by Crippen LogP contribution is -2.47. The van der Waals surface area contributed by atoms with Gasteiger partial charge in [0.25, 0.3) is 0 Å². The van der Waals surface area contributed by atoms with Crippen molar-refractivity contribution >= 4 is 5.69 Å². The average molecular weight is 234 g/mol. The van der Waals surface area contributed by atoms with Gasteiger partial charge in [0.2, 0.25) is 0 Å². The quantitative estimate of drug-likeness (QED) is 0.867. The molecule has 94 valence electrons. The first kappa shape index (κ1) is 12.2. The summed E-state index contributed by atoms with van der Waals surface area (Å²) in [6, 6.07) is 8.91. The highest BCUT2D eigenvalue weighted by Gasteiger charge is 2.25. The van der Waals surface area contributed by atoms with Gasteiger partial charge in [-0.25, -0.2) is 0 Å². The molecule has 17 heavy (non-hydrogen) atoms. The number of para-hydroxylation sites is 2. The van der Waals surface area contributed by atoms with Crippen LogP contribution in [0.4, 0.5) is 5.69 Å². The van der Waals surface area contributed by atoms with Crippen LogP contribution in [0, 0.1) is 5.92 Å². The molecule has 2 atom stereocenters. The molecular weight excluding hydrogens is 212 g/mol. The molecule has 1 aromatic carbocycles. The third kappa shape index (κ3) is 2.55.